The Hall–Kier alpha value is -0.380. The van der Waals surface area contributed by atoms with Crippen molar-refractivity contribution < 1.29 is 35.2 Å². The van der Waals surface area contributed by atoms with E-state index in [0.717, 1.165) is 0 Å². The lowest BCUT2D eigenvalue weighted by Crippen LogP contribution is -2.25. The Morgan fingerprint density at radius 2 is 1.50 bits per heavy atom. The molecule has 5 nitrogen and oxygen atoms in total. The second-order valence-electron chi connectivity index (χ2n) is 3.24. The van der Waals surface area contributed by atoms with Crippen LogP contribution in [0, 0.1) is 0 Å². The highest BCUT2D eigenvalue weighted by atomic mass is 32.2. The molecule has 0 aromatic heterocycles. The molecule has 0 rings (SSSR count). The summed E-state index contributed by atoms with van der Waals surface area (Å²) >= 11 is 0. The highest BCUT2D eigenvalue weighted by Gasteiger charge is 2.47. The number of rotatable bonds is 10. The van der Waals surface area contributed by atoms with Gasteiger partial charge in [0.1, 0.15) is 0 Å². The molecule has 0 aliphatic rings. The van der Waals surface area contributed by atoms with Crippen molar-refractivity contribution in [2.45, 2.75) is 25.3 Å². The first-order valence-corrected chi connectivity index (χ1v) is 6.83. The third-order valence-corrected chi connectivity index (χ3v) is 2.83. The van der Waals surface area contributed by atoms with Crippen molar-refractivity contribution in [1.82, 2.24) is 0 Å². The molecule has 0 unspecified atom stereocenters. The predicted molar refractivity (Wildman–Crippen MR) is 57.5 cm³/mol. The predicted octanol–water partition coefficient (Wildman–Crippen LogP) is 1.69. The summed E-state index contributed by atoms with van der Waals surface area (Å²) in [4.78, 5) is 0. The maximum Gasteiger partial charge on any atom is 0.523 e. The third-order valence-electron chi connectivity index (χ3n) is 1.78. The molecule has 0 radical (unpaired) electrons. The molecule has 0 saturated heterocycles. The largest absolute Gasteiger partial charge is 0.523 e. The molecular weight excluding hydrogens is 277 g/mol. The Labute approximate surface area is 104 Å². The first-order chi connectivity index (χ1) is 8.31. The molecule has 0 aliphatic carbocycles. The number of ether oxygens (including phenoxy) is 2. The van der Waals surface area contributed by atoms with Crippen LogP contribution < -0.4 is 0 Å². The summed E-state index contributed by atoms with van der Waals surface area (Å²) in [7, 11) is -5.46. The number of halogens is 3. The van der Waals surface area contributed by atoms with Crippen molar-refractivity contribution in [1.29, 1.82) is 0 Å². The summed E-state index contributed by atoms with van der Waals surface area (Å²) in [5, 5.41) is 0. The van der Waals surface area contributed by atoms with Gasteiger partial charge in [0.25, 0.3) is 0 Å². The summed E-state index contributed by atoms with van der Waals surface area (Å²) in [6, 6.07) is 0. The van der Waals surface area contributed by atoms with E-state index in [1.54, 1.807) is 0 Å². The van der Waals surface area contributed by atoms with Gasteiger partial charge < -0.3 is 9.47 Å². The molecule has 0 aliphatic heterocycles. The SMILES string of the molecule is CCOCCOCCCCOS(=O)(=O)C(F)(F)F. The number of hydrogen-bond donors (Lipinski definition) is 0. The number of unbranched alkanes of at least 4 members (excludes halogenated alkanes) is 1. The molecule has 9 heteroatoms. The van der Waals surface area contributed by atoms with Crippen molar-refractivity contribution >= 4 is 10.1 Å². The summed E-state index contributed by atoms with van der Waals surface area (Å²) in [5.41, 5.74) is -5.36. The van der Waals surface area contributed by atoms with Crippen LogP contribution in [0.15, 0.2) is 0 Å². The highest BCUT2D eigenvalue weighted by Crippen LogP contribution is 2.24. The van der Waals surface area contributed by atoms with Crippen molar-refractivity contribution in [2.24, 2.45) is 0 Å². The van der Waals surface area contributed by atoms with Crippen LogP contribution in [0.25, 0.3) is 0 Å². The van der Waals surface area contributed by atoms with Crippen LogP contribution in [0.5, 0.6) is 0 Å². The number of hydrogen-bond acceptors (Lipinski definition) is 5. The third kappa shape index (κ3) is 7.85. The lowest BCUT2D eigenvalue weighted by atomic mass is 10.3. The molecule has 0 spiro atoms. The molecule has 0 saturated carbocycles. The van der Waals surface area contributed by atoms with Crippen LogP contribution in [0.2, 0.25) is 0 Å². The Morgan fingerprint density at radius 3 is 2.06 bits per heavy atom. The minimum Gasteiger partial charge on any atom is -0.379 e. The van der Waals surface area contributed by atoms with Crippen molar-refractivity contribution in [3.8, 4) is 0 Å². The van der Waals surface area contributed by atoms with Gasteiger partial charge in [0.05, 0.1) is 19.8 Å². The van der Waals surface area contributed by atoms with Gasteiger partial charge in [-0.2, -0.15) is 21.6 Å². The Morgan fingerprint density at radius 1 is 0.944 bits per heavy atom. The van der Waals surface area contributed by atoms with Crippen LogP contribution in [0.3, 0.4) is 0 Å². The fourth-order valence-corrected chi connectivity index (χ4v) is 1.38. The lowest BCUT2D eigenvalue weighted by molar-refractivity contribution is -0.0543. The van der Waals surface area contributed by atoms with Gasteiger partial charge in [-0.3, -0.25) is 4.18 Å². The van der Waals surface area contributed by atoms with Gasteiger partial charge in [0, 0.05) is 13.2 Å². The highest BCUT2D eigenvalue weighted by molar-refractivity contribution is 7.87. The molecule has 0 aromatic carbocycles. The molecule has 110 valence electrons. The number of alkyl halides is 3. The van der Waals surface area contributed by atoms with Gasteiger partial charge in [0.2, 0.25) is 0 Å². The van der Waals surface area contributed by atoms with Gasteiger partial charge >= 0.3 is 15.6 Å². The Balaban J connectivity index is 3.47. The van der Waals surface area contributed by atoms with Crippen LogP contribution in [0.1, 0.15) is 19.8 Å². The fraction of sp³-hybridized carbons (Fsp3) is 1.00. The zero-order chi connectivity index (χ0) is 14.1. The fourth-order valence-electron chi connectivity index (χ4n) is 0.906. The molecule has 0 bridgehead atoms. The van der Waals surface area contributed by atoms with Gasteiger partial charge in [-0.25, -0.2) is 0 Å². The molecular formula is C9H17F3O5S. The monoisotopic (exact) mass is 294 g/mol. The second-order valence-corrected chi connectivity index (χ2v) is 4.85. The molecule has 18 heavy (non-hydrogen) atoms. The van der Waals surface area contributed by atoms with E-state index in [9.17, 15) is 21.6 Å². The summed E-state index contributed by atoms with van der Waals surface area (Å²) < 4.78 is 70.3. The van der Waals surface area contributed by atoms with Crippen molar-refractivity contribution in [2.75, 3.05) is 33.0 Å². The average Bonchev–Trinajstić information content (AvgIpc) is 2.25. The summed E-state index contributed by atoms with van der Waals surface area (Å²) in [6.45, 7) is 3.11. The molecule has 0 N–H and O–H groups in total. The van der Waals surface area contributed by atoms with Crippen LogP contribution in [0.4, 0.5) is 13.2 Å². The van der Waals surface area contributed by atoms with Crippen LogP contribution in [-0.4, -0.2) is 47.0 Å². The first kappa shape index (κ1) is 17.6. The first-order valence-electron chi connectivity index (χ1n) is 5.42. The van der Waals surface area contributed by atoms with E-state index >= 15 is 0 Å². The normalized spacial score (nSPS) is 12.9. The molecule has 0 fully saturated rings. The topological polar surface area (TPSA) is 61.8 Å². The van der Waals surface area contributed by atoms with Crippen molar-refractivity contribution in [3.05, 3.63) is 0 Å². The Kier molecular flexibility index (Phi) is 8.49. The van der Waals surface area contributed by atoms with E-state index in [1.165, 1.54) is 0 Å². The van der Waals surface area contributed by atoms with Crippen molar-refractivity contribution in [3.63, 3.8) is 0 Å². The van der Waals surface area contributed by atoms with Gasteiger partial charge in [-0.1, -0.05) is 0 Å². The minimum atomic E-state index is -5.46. The van der Waals surface area contributed by atoms with Crippen LogP contribution in [-0.2, 0) is 23.8 Å². The quantitative estimate of drug-likeness (QED) is 0.348. The molecule has 0 atom stereocenters. The second kappa shape index (κ2) is 8.68. The average molecular weight is 294 g/mol. The zero-order valence-electron chi connectivity index (χ0n) is 10.0. The van der Waals surface area contributed by atoms with Crippen LogP contribution >= 0.6 is 0 Å². The maximum atomic E-state index is 11.8. The van der Waals surface area contributed by atoms with Gasteiger partial charge in [0.15, 0.2) is 0 Å². The van der Waals surface area contributed by atoms with E-state index in [4.69, 9.17) is 9.47 Å². The van der Waals surface area contributed by atoms with E-state index < -0.39 is 22.2 Å². The smallest absolute Gasteiger partial charge is 0.379 e. The van der Waals surface area contributed by atoms with E-state index in [2.05, 4.69) is 4.18 Å². The van der Waals surface area contributed by atoms with Gasteiger partial charge in [-0.15, -0.1) is 0 Å². The standard InChI is InChI=1S/C9H17F3O5S/c1-2-15-7-8-16-5-3-4-6-17-18(13,14)9(10,11)12/h2-8H2,1H3. The van der Waals surface area contributed by atoms with E-state index in [-0.39, 0.29) is 6.42 Å². The maximum absolute atomic E-state index is 11.8. The minimum absolute atomic E-state index is 0.171. The summed E-state index contributed by atoms with van der Waals surface area (Å²) in [6.07, 6.45) is 0.587. The Bertz CT molecular complexity index is 302. The van der Waals surface area contributed by atoms with E-state index in [0.29, 0.717) is 32.8 Å². The van der Waals surface area contributed by atoms with E-state index in [1.807, 2.05) is 6.92 Å². The summed E-state index contributed by atoms with van der Waals surface area (Å²) in [5.74, 6) is 0. The molecule has 0 aromatic rings. The molecule has 0 heterocycles. The molecule has 0 amide bonds. The van der Waals surface area contributed by atoms with Gasteiger partial charge in [-0.05, 0) is 19.8 Å². The lowest BCUT2D eigenvalue weighted by Gasteiger charge is -2.08. The zero-order valence-corrected chi connectivity index (χ0v) is 10.8.